The van der Waals surface area contributed by atoms with Crippen molar-refractivity contribution in [1.82, 2.24) is 4.90 Å². The fraction of sp³-hybridized carbons (Fsp3) is 0.700. The number of hydrogen-bond acceptors (Lipinski definition) is 2. The molecule has 2 heteroatoms. The van der Waals surface area contributed by atoms with Crippen LogP contribution in [0, 0.1) is 11.3 Å². The summed E-state index contributed by atoms with van der Waals surface area (Å²) in [6, 6.07) is 0. The Morgan fingerprint density at radius 3 is 2.64 bits per heavy atom. The van der Waals surface area contributed by atoms with E-state index in [1.807, 2.05) is 0 Å². The van der Waals surface area contributed by atoms with Crippen molar-refractivity contribution in [3.63, 3.8) is 0 Å². The summed E-state index contributed by atoms with van der Waals surface area (Å²) in [4.78, 5) is 2.35. The molecule has 1 saturated carbocycles. The second-order valence-electron chi connectivity index (χ2n) is 7.96. The number of nitrogens with zero attached hydrogens (tertiary/aromatic N) is 1. The predicted octanol–water partition coefficient (Wildman–Crippen LogP) is 4.33. The van der Waals surface area contributed by atoms with Gasteiger partial charge in [-0.1, -0.05) is 51.5 Å². The fourth-order valence-electron chi connectivity index (χ4n) is 4.38. The molecule has 0 aromatic heterocycles. The SMILES string of the molecule is CCCN(C)CC(C)C1(O)C2=CC(C)=CCC=C2CC1(C)C. The molecule has 0 heterocycles. The van der Waals surface area contributed by atoms with Gasteiger partial charge < -0.3 is 10.0 Å². The van der Waals surface area contributed by atoms with E-state index in [-0.39, 0.29) is 11.3 Å². The van der Waals surface area contributed by atoms with E-state index >= 15 is 0 Å². The lowest BCUT2D eigenvalue weighted by Crippen LogP contribution is -2.50. The predicted molar refractivity (Wildman–Crippen MR) is 94.8 cm³/mol. The maximum Gasteiger partial charge on any atom is 0.0990 e. The Hall–Kier alpha value is -0.860. The number of fused-ring (bicyclic) bond motifs is 1. The number of allylic oxidation sites excluding steroid dienone is 4. The maximum atomic E-state index is 11.8. The summed E-state index contributed by atoms with van der Waals surface area (Å²) in [6.45, 7) is 13.0. The third kappa shape index (κ3) is 2.96. The molecule has 2 unspecified atom stereocenters. The van der Waals surface area contributed by atoms with Gasteiger partial charge in [0.05, 0.1) is 5.60 Å². The summed E-state index contributed by atoms with van der Waals surface area (Å²) < 4.78 is 0. The molecule has 0 saturated heterocycles. The van der Waals surface area contributed by atoms with Gasteiger partial charge in [0.1, 0.15) is 0 Å². The molecule has 124 valence electrons. The van der Waals surface area contributed by atoms with Gasteiger partial charge in [-0.2, -0.15) is 0 Å². The van der Waals surface area contributed by atoms with E-state index in [9.17, 15) is 5.11 Å². The van der Waals surface area contributed by atoms with Crippen molar-refractivity contribution in [2.45, 2.75) is 59.5 Å². The Kier molecular flexibility index (Phi) is 5.03. The first-order valence-corrected chi connectivity index (χ1v) is 8.71. The maximum absolute atomic E-state index is 11.8. The first-order valence-electron chi connectivity index (χ1n) is 8.71. The van der Waals surface area contributed by atoms with Crippen LogP contribution in [0.4, 0.5) is 0 Å². The summed E-state index contributed by atoms with van der Waals surface area (Å²) >= 11 is 0. The first-order chi connectivity index (χ1) is 10.2. The lowest BCUT2D eigenvalue weighted by Gasteiger charge is -2.43. The molecule has 0 aliphatic heterocycles. The quantitative estimate of drug-likeness (QED) is 0.817. The van der Waals surface area contributed by atoms with Crippen molar-refractivity contribution in [2.24, 2.45) is 11.3 Å². The molecule has 0 bridgehead atoms. The Morgan fingerprint density at radius 1 is 1.32 bits per heavy atom. The highest BCUT2D eigenvalue weighted by Crippen LogP contribution is 2.56. The van der Waals surface area contributed by atoms with Crippen molar-refractivity contribution in [3.8, 4) is 0 Å². The summed E-state index contributed by atoms with van der Waals surface area (Å²) in [5.41, 5.74) is 2.92. The van der Waals surface area contributed by atoms with Crippen LogP contribution in [0.2, 0.25) is 0 Å². The molecule has 22 heavy (non-hydrogen) atoms. The highest BCUT2D eigenvalue weighted by molar-refractivity contribution is 5.52. The van der Waals surface area contributed by atoms with E-state index in [1.54, 1.807) is 0 Å². The van der Waals surface area contributed by atoms with E-state index in [2.05, 4.69) is 64.8 Å². The molecule has 2 aliphatic rings. The van der Waals surface area contributed by atoms with Crippen molar-refractivity contribution in [1.29, 1.82) is 0 Å². The van der Waals surface area contributed by atoms with Crippen LogP contribution in [0.5, 0.6) is 0 Å². The molecule has 2 atom stereocenters. The van der Waals surface area contributed by atoms with Crippen molar-refractivity contribution >= 4 is 0 Å². The van der Waals surface area contributed by atoms with Crippen molar-refractivity contribution < 1.29 is 5.11 Å². The zero-order valence-electron chi connectivity index (χ0n) is 15.2. The molecular weight excluding hydrogens is 270 g/mol. The third-order valence-corrected chi connectivity index (χ3v) is 5.50. The van der Waals surface area contributed by atoms with Crippen LogP contribution >= 0.6 is 0 Å². The van der Waals surface area contributed by atoms with Gasteiger partial charge in [-0.05, 0) is 50.9 Å². The van der Waals surface area contributed by atoms with Gasteiger partial charge in [0, 0.05) is 17.9 Å². The highest BCUT2D eigenvalue weighted by Gasteiger charge is 2.56. The van der Waals surface area contributed by atoms with E-state index in [4.69, 9.17) is 0 Å². The number of rotatable bonds is 5. The zero-order valence-corrected chi connectivity index (χ0v) is 15.2. The second-order valence-corrected chi connectivity index (χ2v) is 7.96. The van der Waals surface area contributed by atoms with Crippen LogP contribution in [0.25, 0.3) is 0 Å². The summed E-state index contributed by atoms with van der Waals surface area (Å²) in [6.07, 6.45) is 9.89. The monoisotopic (exact) mass is 303 g/mol. The molecule has 0 aromatic rings. The van der Waals surface area contributed by atoms with Gasteiger partial charge in [-0.3, -0.25) is 0 Å². The smallest absolute Gasteiger partial charge is 0.0990 e. The average Bonchev–Trinajstić information content (AvgIpc) is 2.54. The fourth-order valence-corrected chi connectivity index (χ4v) is 4.38. The largest absolute Gasteiger partial charge is 0.384 e. The molecule has 0 amide bonds. The van der Waals surface area contributed by atoms with Crippen LogP contribution in [0.15, 0.2) is 34.9 Å². The first kappa shape index (κ1) is 17.5. The van der Waals surface area contributed by atoms with Crippen molar-refractivity contribution in [2.75, 3.05) is 20.1 Å². The topological polar surface area (TPSA) is 23.5 Å². The van der Waals surface area contributed by atoms with E-state index in [0.29, 0.717) is 0 Å². The number of aliphatic hydroxyl groups is 1. The highest BCUT2D eigenvalue weighted by atomic mass is 16.3. The van der Waals surface area contributed by atoms with Crippen LogP contribution in [-0.2, 0) is 0 Å². The Balaban J connectivity index is 2.38. The molecule has 2 rings (SSSR count). The lowest BCUT2D eigenvalue weighted by atomic mass is 9.68. The van der Waals surface area contributed by atoms with Gasteiger partial charge in [0.25, 0.3) is 0 Å². The average molecular weight is 303 g/mol. The van der Waals surface area contributed by atoms with Crippen LogP contribution in [0.3, 0.4) is 0 Å². The summed E-state index contributed by atoms with van der Waals surface area (Å²) in [5, 5.41) is 11.8. The molecular formula is C20H33NO. The minimum absolute atomic E-state index is 0.116. The van der Waals surface area contributed by atoms with Crippen molar-refractivity contribution in [3.05, 3.63) is 34.9 Å². The molecule has 1 fully saturated rings. The van der Waals surface area contributed by atoms with Gasteiger partial charge in [0.2, 0.25) is 0 Å². The number of hydrogen-bond donors (Lipinski definition) is 1. The molecule has 2 aliphatic carbocycles. The second kappa shape index (κ2) is 6.33. The Morgan fingerprint density at radius 2 is 2.00 bits per heavy atom. The minimum atomic E-state index is -0.750. The Bertz CT molecular complexity index is 512. The standard InChI is InChI=1S/C20H33NO/c1-7-11-21(6)14-16(3)20(22)18-12-15(2)9-8-10-17(18)13-19(20,4)5/h9-10,12,16,22H,7-8,11,13-14H2,1-6H3. The van der Waals surface area contributed by atoms with Gasteiger partial charge in [-0.25, -0.2) is 0 Å². The van der Waals surface area contributed by atoms with Gasteiger partial charge in [0.15, 0.2) is 0 Å². The summed E-state index contributed by atoms with van der Waals surface area (Å²) in [5.74, 6) is 0.210. The molecule has 0 spiro atoms. The molecule has 0 radical (unpaired) electrons. The van der Waals surface area contributed by atoms with Crippen LogP contribution in [-0.4, -0.2) is 35.7 Å². The van der Waals surface area contributed by atoms with Gasteiger partial charge in [-0.15, -0.1) is 0 Å². The van der Waals surface area contributed by atoms with Crippen LogP contribution in [0.1, 0.15) is 53.9 Å². The third-order valence-electron chi connectivity index (χ3n) is 5.50. The normalized spacial score (nSPS) is 28.6. The Labute approximate surface area is 136 Å². The van der Waals surface area contributed by atoms with E-state index in [1.165, 1.54) is 16.7 Å². The van der Waals surface area contributed by atoms with Crippen LogP contribution < -0.4 is 0 Å². The molecule has 1 N–H and O–H groups in total. The minimum Gasteiger partial charge on any atom is -0.384 e. The lowest BCUT2D eigenvalue weighted by molar-refractivity contribution is -0.0644. The molecule has 0 aromatic carbocycles. The molecule has 2 nitrogen and oxygen atoms in total. The van der Waals surface area contributed by atoms with E-state index < -0.39 is 5.60 Å². The zero-order chi connectivity index (χ0) is 16.5. The van der Waals surface area contributed by atoms with E-state index in [0.717, 1.165) is 32.4 Å². The van der Waals surface area contributed by atoms with Gasteiger partial charge >= 0.3 is 0 Å². The summed E-state index contributed by atoms with van der Waals surface area (Å²) in [7, 11) is 2.16.